The Morgan fingerprint density at radius 1 is 0.758 bits per heavy atom. The molecule has 0 saturated heterocycles. The van der Waals surface area contributed by atoms with Gasteiger partial charge in [-0.1, -0.05) is 106 Å². The van der Waals surface area contributed by atoms with Crippen LogP contribution in [0.25, 0.3) is 5.57 Å². The van der Waals surface area contributed by atoms with Crippen molar-refractivity contribution in [2.75, 3.05) is 27.2 Å². The number of benzene rings is 2. The molecule has 0 amide bonds. The molecule has 0 bridgehead atoms. The van der Waals surface area contributed by atoms with Crippen molar-refractivity contribution in [1.29, 1.82) is 0 Å². The highest BCUT2D eigenvalue weighted by Gasteiger charge is 2.21. The number of hydrogen-bond acceptors (Lipinski definition) is 1. The van der Waals surface area contributed by atoms with E-state index in [1.807, 2.05) is 17.8 Å². The van der Waals surface area contributed by atoms with Crippen LogP contribution < -0.4 is 0 Å². The Bertz CT molecular complexity index is 902. The zero-order valence-corrected chi connectivity index (χ0v) is 22.6. The first-order chi connectivity index (χ1) is 16.0. The van der Waals surface area contributed by atoms with Crippen molar-refractivity contribution < 1.29 is 4.48 Å². The second-order valence-corrected chi connectivity index (χ2v) is 11.7. The van der Waals surface area contributed by atoms with Gasteiger partial charge < -0.3 is 4.48 Å². The monoisotopic (exact) mass is 484 g/mol. The number of hydrogen-bond donors (Lipinski definition) is 0. The zero-order chi connectivity index (χ0) is 23.5. The molecule has 0 spiro atoms. The largest absolute Gasteiger partial charge is 0.328 e. The molecule has 1 nitrogen and oxygen atoms in total. The molecule has 180 valence electrons. The lowest BCUT2D eigenvalue weighted by Crippen LogP contribution is -2.41. The van der Waals surface area contributed by atoms with Crippen molar-refractivity contribution in [3.8, 4) is 0 Å². The van der Waals surface area contributed by atoms with Gasteiger partial charge in [-0.05, 0) is 53.8 Å². The normalized spacial score (nSPS) is 14.4. The molecule has 1 aliphatic heterocycles. The van der Waals surface area contributed by atoms with E-state index >= 15 is 0 Å². The summed E-state index contributed by atoms with van der Waals surface area (Å²) in [5.41, 5.74) is 3.98. The fourth-order valence-electron chi connectivity index (χ4n) is 4.76. The number of fused-ring (bicyclic) bond motifs is 2. The van der Waals surface area contributed by atoms with Crippen molar-refractivity contribution in [3.63, 3.8) is 0 Å². The van der Waals surface area contributed by atoms with E-state index < -0.39 is 0 Å². The maximum Gasteiger partial charge on any atom is 0.0817 e. The molecule has 3 rings (SSSR count). The second-order valence-electron chi connectivity index (χ2n) is 10.2. The molecular formula is C30H43ClNS+. The van der Waals surface area contributed by atoms with Gasteiger partial charge in [-0.25, -0.2) is 0 Å². The third-order valence-corrected chi connectivity index (χ3v) is 8.22. The van der Waals surface area contributed by atoms with E-state index in [-0.39, 0.29) is 0 Å². The van der Waals surface area contributed by atoms with Crippen LogP contribution in [0.3, 0.4) is 0 Å². The lowest BCUT2D eigenvalue weighted by molar-refractivity contribution is -0.890. The van der Waals surface area contributed by atoms with E-state index in [0.29, 0.717) is 0 Å². The molecular weight excluding hydrogens is 442 g/mol. The summed E-state index contributed by atoms with van der Waals surface area (Å²) in [6.07, 6.45) is 17.6. The van der Waals surface area contributed by atoms with Gasteiger partial charge in [0.25, 0.3) is 0 Å². The van der Waals surface area contributed by atoms with E-state index in [4.69, 9.17) is 11.6 Å². The summed E-state index contributed by atoms with van der Waals surface area (Å²) in [5.74, 6) is 0. The fourth-order valence-corrected chi connectivity index (χ4v) is 6.02. The van der Waals surface area contributed by atoms with Crippen molar-refractivity contribution >= 4 is 28.9 Å². The number of quaternary nitrogens is 1. The highest BCUT2D eigenvalue weighted by atomic mass is 35.5. The van der Waals surface area contributed by atoms with Crippen LogP contribution in [0.1, 0.15) is 88.7 Å². The fraction of sp³-hybridized carbons (Fsp3) is 0.533. The number of nitrogens with zero attached hydrogens (tertiary/aromatic N) is 1. The van der Waals surface area contributed by atoms with Crippen LogP contribution in [0.2, 0.25) is 5.02 Å². The van der Waals surface area contributed by atoms with E-state index in [0.717, 1.165) is 15.9 Å². The molecule has 2 aromatic rings. The Labute approximate surface area is 212 Å². The third-order valence-electron chi connectivity index (χ3n) is 6.83. The molecule has 3 heteroatoms. The van der Waals surface area contributed by atoms with Crippen molar-refractivity contribution in [1.82, 2.24) is 0 Å². The van der Waals surface area contributed by atoms with Gasteiger partial charge in [0.15, 0.2) is 0 Å². The van der Waals surface area contributed by atoms with Crippen LogP contribution in [0.5, 0.6) is 0 Å². The lowest BCUT2D eigenvalue weighted by atomic mass is 9.96. The maximum absolute atomic E-state index is 6.37. The molecule has 0 saturated carbocycles. The average Bonchev–Trinajstić information content (AvgIpc) is 2.80. The topological polar surface area (TPSA) is 0 Å². The second kappa shape index (κ2) is 13.6. The Balaban J connectivity index is 1.46. The van der Waals surface area contributed by atoms with Crippen LogP contribution >= 0.6 is 23.4 Å². The molecule has 2 aromatic carbocycles. The summed E-state index contributed by atoms with van der Waals surface area (Å²) in [6.45, 7) is 4.74. The van der Waals surface area contributed by atoms with E-state index in [1.165, 1.54) is 104 Å². The summed E-state index contributed by atoms with van der Waals surface area (Å²) in [4.78, 5) is 2.65. The molecule has 33 heavy (non-hydrogen) atoms. The Hall–Kier alpha value is -1.22. The number of unbranched alkanes of at least 4 members (excludes halogenated alkanes) is 9. The van der Waals surface area contributed by atoms with Crippen molar-refractivity contribution in [2.45, 2.75) is 87.3 Å². The molecule has 0 atom stereocenters. The highest BCUT2D eigenvalue weighted by molar-refractivity contribution is 7.99. The van der Waals surface area contributed by atoms with E-state index in [2.05, 4.69) is 63.5 Å². The van der Waals surface area contributed by atoms with Crippen LogP contribution in [0, 0.1) is 0 Å². The molecule has 0 aromatic heterocycles. The Morgan fingerprint density at radius 3 is 2.12 bits per heavy atom. The van der Waals surface area contributed by atoms with Crippen LogP contribution in [0.15, 0.2) is 58.3 Å². The Morgan fingerprint density at radius 2 is 1.39 bits per heavy atom. The standard InChI is InChI=1S/C30H43ClNS/c1-4-5-6-7-8-9-10-11-12-15-22-32(2,3)23-16-18-26-27-17-13-14-19-29(27)33-30-21-20-25(31)24-28(26)30/h13-14,17-21,24H,4-12,15-16,22-23H2,1-3H3/q+1/b26-18-. The smallest absolute Gasteiger partial charge is 0.0817 e. The predicted molar refractivity (Wildman–Crippen MR) is 147 cm³/mol. The van der Waals surface area contributed by atoms with E-state index in [1.54, 1.807) is 0 Å². The summed E-state index contributed by atoms with van der Waals surface area (Å²) in [5, 5.41) is 0.816. The summed E-state index contributed by atoms with van der Waals surface area (Å²) in [7, 11) is 4.78. The lowest BCUT2D eigenvalue weighted by Gasteiger charge is -2.30. The van der Waals surface area contributed by atoms with Gasteiger partial charge in [0.05, 0.1) is 27.2 Å². The first-order valence-corrected chi connectivity index (χ1v) is 14.3. The first-order valence-electron chi connectivity index (χ1n) is 13.1. The minimum absolute atomic E-state index is 0.816. The minimum Gasteiger partial charge on any atom is -0.328 e. The molecule has 0 radical (unpaired) electrons. The highest BCUT2D eigenvalue weighted by Crippen LogP contribution is 2.46. The third kappa shape index (κ3) is 8.50. The summed E-state index contributed by atoms with van der Waals surface area (Å²) < 4.78 is 1.10. The van der Waals surface area contributed by atoms with Gasteiger partial charge in [-0.2, -0.15) is 0 Å². The van der Waals surface area contributed by atoms with Crippen LogP contribution in [-0.4, -0.2) is 31.7 Å². The van der Waals surface area contributed by atoms with Crippen LogP contribution in [-0.2, 0) is 0 Å². The molecule has 1 aliphatic rings. The SMILES string of the molecule is CCCCCCCCCCCC[N+](C)(C)CC/C=C1/c2ccccc2Sc2ccc(Cl)cc21. The number of rotatable bonds is 14. The Kier molecular flexibility index (Phi) is 10.9. The maximum atomic E-state index is 6.37. The molecule has 0 fully saturated rings. The van der Waals surface area contributed by atoms with Gasteiger partial charge in [0, 0.05) is 21.2 Å². The van der Waals surface area contributed by atoms with Crippen molar-refractivity contribution in [2.24, 2.45) is 0 Å². The number of halogens is 1. The van der Waals surface area contributed by atoms with Gasteiger partial charge in [-0.3, -0.25) is 0 Å². The van der Waals surface area contributed by atoms with Gasteiger partial charge >= 0.3 is 0 Å². The quantitative estimate of drug-likeness (QED) is 0.162. The predicted octanol–water partition coefficient (Wildman–Crippen LogP) is 9.62. The minimum atomic E-state index is 0.816. The average molecular weight is 485 g/mol. The molecule has 1 heterocycles. The molecule has 0 aliphatic carbocycles. The van der Waals surface area contributed by atoms with Crippen molar-refractivity contribution in [3.05, 3.63) is 64.7 Å². The van der Waals surface area contributed by atoms with Gasteiger partial charge in [-0.15, -0.1) is 0 Å². The van der Waals surface area contributed by atoms with Gasteiger partial charge in [0.1, 0.15) is 0 Å². The van der Waals surface area contributed by atoms with Gasteiger partial charge in [0.2, 0.25) is 0 Å². The summed E-state index contributed by atoms with van der Waals surface area (Å²) >= 11 is 8.22. The summed E-state index contributed by atoms with van der Waals surface area (Å²) in [6, 6.07) is 15.1. The molecule has 0 N–H and O–H groups in total. The van der Waals surface area contributed by atoms with Crippen LogP contribution in [0.4, 0.5) is 0 Å². The van der Waals surface area contributed by atoms with E-state index in [9.17, 15) is 0 Å². The first kappa shape index (κ1) is 26.4. The molecule has 0 unspecified atom stereocenters. The zero-order valence-electron chi connectivity index (χ0n) is 21.0.